The summed E-state index contributed by atoms with van der Waals surface area (Å²) in [4.78, 5) is 0. The molecule has 0 heteroatoms. The van der Waals surface area contributed by atoms with Crippen molar-refractivity contribution >= 4 is 0 Å². The van der Waals surface area contributed by atoms with Crippen molar-refractivity contribution in [2.45, 2.75) is 108 Å². The van der Waals surface area contributed by atoms with Crippen molar-refractivity contribution in [1.29, 1.82) is 0 Å². The lowest BCUT2D eigenvalue weighted by atomic mass is 9.89. The molecule has 0 saturated heterocycles. The van der Waals surface area contributed by atoms with Crippen LogP contribution in [-0.2, 0) is 0 Å². The zero-order valence-corrected chi connectivity index (χ0v) is 17.6. The maximum absolute atomic E-state index is 5.03. The van der Waals surface area contributed by atoms with Gasteiger partial charge in [-0.15, -0.1) is 12.3 Å². The van der Waals surface area contributed by atoms with Crippen LogP contribution in [0.25, 0.3) is 0 Å². The van der Waals surface area contributed by atoms with Crippen molar-refractivity contribution in [2.24, 2.45) is 11.8 Å². The standard InChI is InChI=1S/C9H16.C7H12.3C2H6/c1-3-9-6-4-8(2)5-7-9;1-4-5-6-7(2)3;3*1-2/h4,9H,3,5-7H2,1-2H3;1,7H,5-6H2,2-3H3;3*1-2H3. The molecule has 0 aliphatic heterocycles. The van der Waals surface area contributed by atoms with Crippen molar-refractivity contribution < 1.29 is 0 Å². The van der Waals surface area contributed by atoms with Crippen LogP contribution in [0.5, 0.6) is 0 Å². The van der Waals surface area contributed by atoms with Crippen LogP contribution in [-0.4, -0.2) is 0 Å². The Labute approximate surface area is 144 Å². The first kappa shape index (κ1) is 29.3. The van der Waals surface area contributed by atoms with Crippen molar-refractivity contribution in [1.82, 2.24) is 0 Å². The second kappa shape index (κ2) is 28.5. The van der Waals surface area contributed by atoms with E-state index in [4.69, 9.17) is 6.42 Å². The first-order valence-corrected chi connectivity index (χ1v) is 9.69. The Morgan fingerprint density at radius 3 is 1.86 bits per heavy atom. The fourth-order valence-electron chi connectivity index (χ4n) is 1.76. The lowest BCUT2D eigenvalue weighted by molar-refractivity contribution is 0.456. The molecule has 22 heavy (non-hydrogen) atoms. The van der Waals surface area contributed by atoms with Crippen LogP contribution in [0.2, 0.25) is 0 Å². The monoisotopic (exact) mass is 310 g/mol. The fourth-order valence-corrected chi connectivity index (χ4v) is 1.76. The van der Waals surface area contributed by atoms with E-state index in [9.17, 15) is 0 Å². The lowest BCUT2D eigenvalue weighted by Gasteiger charge is -2.17. The molecule has 0 N–H and O–H groups in total. The van der Waals surface area contributed by atoms with Crippen LogP contribution >= 0.6 is 0 Å². The van der Waals surface area contributed by atoms with E-state index in [-0.39, 0.29) is 0 Å². The van der Waals surface area contributed by atoms with Gasteiger partial charge in [-0.2, -0.15) is 0 Å². The van der Waals surface area contributed by atoms with Gasteiger partial charge in [-0.1, -0.05) is 80.4 Å². The SMILES string of the molecule is C#CCCC(C)C.CC.CC.CC.CCC1CC=C(C)CC1. The summed E-state index contributed by atoms with van der Waals surface area (Å²) in [5.41, 5.74) is 1.60. The molecule has 0 saturated carbocycles. The first-order valence-electron chi connectivity index (χ1n) is 9.69. The summed E-state index contributed by atoms with van der Waals surface area (Å²) in [6.07, 6.45) is 15.0. The number of hydrogen-bond donors (Lipinski definition) is 0. The predicted molar refractivity (Wildman–Crippen MR) is 108 cm³/mol. The summed E-state index contributed by atoms with van der Waals surface area (Å²) in [5, 5.41) is 0. The molecule has 0 aromatic heterocycles. The van der Waals surface area contributed by atoms with E-state index in [2.05, 4.69) is 39.7 Å². The van der Waals surface area contributed by atoms with Gasteiger partial charge >= 0.3 is 0 Å². The van der Waals surface area contributed by atoms with E-state index >= 15 is 0 Å². The van der Waals surface area contributed by atoms with Gasteiger partial charge in [-0.05, 0) is 44.4 Å². The van der Waals surface area contributed by atoms with Crippen LogP contribution in [0.1, 0.15) is 108 Å². The number of hydrogen-bond acceptors (Lipinski definition) is 0. The van der Waals surface area contributed by atoms with E-state index in [0.29, 0.717) is 0 Å². The Hall–Kier alpha value is -0.700. The average molecular weight is 311 g/mol. The summed E-state index contributed by atoms with van der Waals surface area (Å²) in [5.74, 6) is 4.35. The molecule has 0 bridgehead atoms. The molecule has 134 valence electrons. The maximum atomic E-state index is 5.03. The van der Waals surface area contributed by atoms with E-state index in [1.54, 1.807) is 5.57 Å². The highest BCUT2D eigenvalue weighted by molar-refractivity contribution is 5.02. The minimum absolute atomic E-state index is 0.760. The molecule has 0 amide bonds. The molecular formula is C22H46. The number of terminal acetylenes is 1. The second-order valence-electron chi connectivity index (χ2n) is 5.24. The Kier molecular flexibility index (Phi) is 37.9. The topological polar surface area (TPSA) is 0 Å². The summed E-state index contributed by atoms with van der Waals surface area (Å²) in [6.45, 7) is 20.9. The van der Waals surface area contributed by atoms with Gasteiger partial charge < -0.3 is 0 Å². The third-order valence-corrected chi connectivity index (χ3v) is 3.19. The number of rotatable bonds is 3. The van der Waals surface area contributed by atoms with Crippen LogP contribution in [0, 0.1) is 24.2 Å². The van der Waals surface area contributed by atoms with E-state index in [0.717, 1.165) is 24.7 Å². The minimum atomic E-state index is 0.760. The van der Waals surface area contributed by atoms with Crippen molar-refractivity contribution in [3.8, 4) is 12.3 Å². The predicted octanol–water partition coefficient (Wildman–Crippen LogP) is 8.28. The lowest BCUT2D eigenvalue weighted by Crippen LogP contribution is -2.02. The molecule has 1 rings (SSSR count). The van der Waals surface area contributed by atoms with Crippen LogP contribution < -0.4 is 0 Å². The minimum Gasteiger partial charge on any atom is -0.120 e. The van der Waals surface area contributed by atoms with Crippen molar-refractivity contribution in [3.63, 3.8) is 0 Å². The van der Waals surface area contributed by atoms with Gasteiger partial charge in [0.2, 0.25) is 0 Å². The Bertz CT molecular complexity index is 227. The zero-order valence-electron chi connectivity index (χ0n) is 17.6. The Morgan fingerprint density at radius 1 is 1.14 bits per heavy atom. The molecule has 0 spiro atoms. The molecule has 1 atom stereocenters. The molecule has 1 aliphatic rings. The quantitative estimate of drug-likeness (QED) is 0.363. The zero-order chi connectivity index (χ0) is 18.4. The highest BCUT2D eigenvalue weighted by atomic mass is 14.1. The summed E-state index contributed by atoms with van der Waals surface area (Å²) >= 11 is 0. The number of allylic oxidation sites excluding steroid dienone is 2. The van der Waals surface area contributed by atoms with Gasteiger partial charge in [-0.25, -0.2) is 0 Å². The first-order chi connectivity index (χ1) is 10.6. The molecular weight excluding hydrogens is 264 g/mol. The molecule has 1 unspecified atom stereocenters. The summed E-state index contributed by atoms with van der Waals surface area (Å²) < 4.78 is 0. The molecule has 1 aliphatic carbocycles. The van der Waals surface area contributed by atoms with Gasteiger partial charge in [0.15, 0.2) is 0 Å². The van der Waals surface area contributed by atoms with Crippen LogP contribution in [0.3, 0.4) is 0 Å². The fraction of sp³-hybridized carbons (Fsp3) is 0.818. The van der Waals surface area contributed by atoms with E-state index < -0.39 is 0 Å². The molecule has 0 fully saturated rings. The van der Waals surface area contributed by atoms with Gasteiger partial charge in [0.05, 0.1) is 0 Å². The van der Waals surface area contributed by atoms with Crippen molar-refractivity contribution in [2.75, 3.05) is 0 Å². The van der Waals surface area contributed by atoms with Gasteiger partial charge in [-0.3, -0.25) is 0 Å². The molecule has 0 heterocycles. The molecule has 0 nitrogen and oxygen atoms in total. The second-order valence-corrected chi connectivity index (χ2v) is 5.24. The van der Waals surface area contributed by atoms with E-state index in [1.165, 1.54) is 25.7 Å². The highest BCUT2D eigenvalue weighted by Crippen LogP contribution is 2.24. The molecule has 0 aromatic rings. The third-order valence-electron chi connectivity index (χ3n) is 3.19. The smallest absolute Gasteiger partial charge is 0.00884 e. The van der Waals surface area contributed by atoms with E-state index in [1.807, 2.05) is 41.5 Å². The summed E-state index contributed by atoms with van der Waals surface area (Å²) in [6, 6.07) is 0. The van der Waals surface area contributed by atoms with Crippen LogP contribution in [0.15, 0.2) is 11.6 Å². The highest BCUT2D eigenvalue weighted by Gasteiger charge is 2.08. The molecule has 0 radical (unpaired) electrons. The van der Waals surface area contributed by atoms with Gasteiger partial charge in [0, 0.05) is 6.42 Å². The largest absolute Gasteiger partial charge is 0.120 e. The normalized spacial score (nSPS) is 15.0. The summed E-state index contributed by atoms with van der Waals surface area (Å²) in [7, 11) is 0. The maximum Gasteiger partial charge on any atom is 0.00884 e. The Balaban J connectivity index is -0.000000112. The van der Waals surface area contributed by atoms with Crippen molar-refractivity contribution in [3.05, 3.63) is 11.6 Å². The average Bonchev–Trinajstić information content (AvgIpc) is 2.59. The third kappa shape index (κ3) is 27.6. The van der Waals surface area contributed by atoms with Crippen LogP contribution in [0.4, 0.5) is 0 Å². The van der Waals surface area contributed by atoms with Gasteiger partial charge in [0.25, 0.3) is 0 Å². The Morgan fingerprint density at radius 2 is 1.64 bits per heavy atom. The molecule has 0 aromatic carbocycles. The van der Waals surface area contributed by atoms with Gasteiger partial charge in [0.1, 0.15) is 0 Å².